The summed E-state index contributed by atoms with van der Waals surface area (Å²) in [4.78, 5) is 22.2. The Labute approximate surface area is 154 Å². The highest BCUT2D eigenvalue weighted by molar-refractivity contribution is 5.83. The molecule has 0 aliphatic carbocycles. The molecule has 0 bridgehead atoms. The van der Waals surface area contributed by atoms with E-state index in [-0.39, 0.29) is 23.4 Å². The summed E-state index contributed by atoms with van der Waals surface area (Å²) in [6.07, 6.45) is 2.51. The summed E-state index contributed by atoms with van der Waals surface area (Å²) in [5, 5.41) is 4.09. The summed E-state index contributed by atoms with van der Waals surface area (Å²) in [6.45, 7) is 5.28. The highest BCUT2D eigenvalue weighted by Crippen LogP contribution is 2.27. The second-order valence-corrected chi connectivity index (χ2v) is 7.09. The van der Waals surface area contributed by atoms with Gasteiger partial charge in [0.05, 0.1) is 17.6 Å². The molecule has 8 nitrogen and oxygen atoms in total. The lowest BCUT2D eigenvalue weighted by Crippen LogP contribution is -2.24. The lowest BCUT2D eigenvalue weighted by molar-refractivity contribution is 0.192. The Morgan fingerprint density at radius 1 is 1.22 bits per heavy atom. The van der Waals surface area contributed by atoms with Gasteiger partial charge in [0.2, 0.25) is 0 Å². The van der Waals surface area contributed by atoms with E-state index in [1.165, 1.54) is 0 Å². The Morgan fingerprint density at radius 2 is 2.04 bits per heavy atom. The van der Waals surface area contributed by atoms with E-state index in [1.54, 1.807) is 15.3 Å². The van der Waals surface area contributed by atoms with Crippen molar-refractivity contribution in [1.82, 2.24) is 24.1 Å². The second kappa shape index (κ2) is 6.02. The van der Waals surface area contributed by atoms with Gasteiger partial charge in [-0.2, -0.15) is 4.98 Å². The van der Waals surface area contributed by atoms with E-state index in [0.29, 0.717) is 30.2 Å². The molecule has 1 atom stereocenters. The first-order valence-corrected chi connectivity index (χ1v) is 9.07. The number of imidazole rings is 1. The van der Waals surface area contributed by atoms with E-state index in [4.69, 9.17) is 9.26 Å². The van der Waals surface area contributed by atoms with Crippen LogP contribution in [0.1, 0.15) is 38.1 Å². The summed E-state index contributed by atoms with van der Waals surface area (Å²) in [5.41, 5.74) is 2.50. The highest BCUT2D eigenvalue weighted by Gasteiger charge is 2.26. The third-order valence-corrected chi connectivity index (χ3v) is 5.05. The van der Waals surface area contributed by atoms with Gasteiger partial charge in [-0.25, -0.2) is 4.98 Å². The molecule has 1 aliphatic rings. The van der Waals surface area contributed by atoms with Gasteiger partial charge in [0.15, 0.2) is 11.5 Å². The molecule has 4 aromatic rings. The normalized spacial score (nSPS) is 17.5. The number of hydrogen-bond acceptors (Lipinski definition) is 6. The van der Waals surface area contributed by atoms with E-state index in [2.05, 4.69) is 15.1 Å². The molecule has 4 heterocycles. The van der Waals surface area contributed by atoms with Crippen LogP contribution >= 0.6 is 0 Å². The largest absolute Gasteiger partial charge is 0.381 e. The first kappa shape index (κ1) is 16.2. The Morgan fingerprint density at radius 3 is 2.78 bits per heavy atom. The van der Waals surface area contributed by atoms with Crippen molar-refractivity contribution in [2.75, 3.05) is 13.2 Å². The van der Waals surface area contributed by atoms with Gasteiger partial charge in [-0.05, 0) is 32.4 Å². The monoisotopic (exact) mass is 365 g/mol. The second-order valence-electron chi connectivity index (χ2n) is 7.09. The lowest BCUT2D eigenvalue weighted by atomic mass is 10.1. The molecule has 5 rings (SSSR count). The molecule has 0 N–H and O–H groups in total. The van der Waals surface area contributed by atoms with Crippen molar-refractivity contribution < 1.29 is 9.26 Å². The van der Waals surface area contributed by atoms with Gasteiger partial charge in [0.1, 0.15) is 11.8 Å². The van der Waals surface area contributed by atoms with E-state index < -0.39 is 0 Å². The molecule has 1 aliphatic heterocycles. The van der Waals surface area contributed by atoms with Gasteiger partial charge >= 0.3 is 0 Å². The third-order valence-electron chi connectivity index (χ3n) is 5.05. The third kappa shape index (κ3) is 2.40. The molecule has 3 aromatic heterocycles. The van der Waals surface area contributed by atoms with Crippen LogP contribution in [0.5, 0.6) is 0 Å². The van der Waals surface area contributed by atoms with Crippen molar-refractivity contribution in [2.24, 2.45) is 0 Å². The minimum Gasteiger partial charge on any atom is -0.381 e. The maximum atomic E-state index is 13.3. The highest BCUT2D eigenvalue weighted by atomic mass is 16.5. The first-order valence-electron chi connectivity index (χ1n) is 9.07. The molecule has 0 amide bonds. The van der Waals surface area contributed by atoms with Gasteiger partial charge in [0.25, 0.3) is 11.4 Å². The number of nitrogens with zero attached hydrogens (tertiary/aromatic N) is 5. The Hall–Kier alpha value is -3.00. The molecule has 0 radical (unpaired) electrons. The Bertz CT molecular complexity index is 1200. The number of rotatable bonds is 3. The first-order chi connectivity index (χ1) is 13.1. The standard InChI is InChI=1S/C19H19N5O3/c1-11(2)24-14-6-4-3-5-13(14)23-10-20-15(16(23)19(24)25)18-21-17(22-27-18)12-7-8-26-9-12/h3-6,10-12H,7-9H2,1-2H3. The number of hydrogen-bond donors (Lipinski definition) is 0. The zero-order valence-electron chi connectivity index (χ0n) is 15.1. The molecule has 8 heteroatoms. The minimum atomic E-state index is -0.125. The maximum Gasteiger partial charge on any atom is 0.278 e. The van der Waals surface area contributed by atoms with Crippen LogP contribution in [-0.4, -0.2) is 37.3 Å². The number of ether oxygens (including phenoxy) is 1. The van der Waals surface area contributed by atoms with Crippen LogP contribution in [0.15, 0.2) is 39.9 Å². The van der Waals surface area contributed by atoms with Crippen molar-refractivity contribution in [3.63, 3.8) is 0 Å². The maximum absolute atomic E-state index is 13.3. The quantitative estimate of drug-likeness (QED) is 0.555. The fourth-order valence-corrected chi connectivity index (χ4v) is 3.73. The predicted octanol–water partition coefficient (Wildman–Crippen LogP) is 2.78. The van der Waals surface area contributed by atoms with Gasteiger partial charge in [0, 0.05) is 18.6 Å². The molecule has 1 fully saturated rings. The van der Waals surface area contributed by atoms with Crippen molar-refractivity contribution in [1.29, 1.82) is 0 Å². The van der Waals surface area contributed by atoms with Gasteiger partial charge < -0.3 is 13.8 Å². The van der Waals surface area contributed by atoms with E-state index in [0.717, 1.165) is 17.5 Å². The zero-order valence-corrected chi connectivity index (χ0v) is 15.1. The van der Waals surface area contributed by atoms with Gasteiger partial charge in [-0.3, -0.25) is 9.20 Å². The average molecular weight is 365 g/mol. The smallest absolute Gasteiger partial charge is 0.278 e. The van der Waals surface area contributed by atoms with Gasteiger partial charge in [-0.15, -0.1) is 0 Å². The van der Waals surface area contributed by atoms with Crippen LogP contribution in [0.3, 0.4) is 0 Å². The van der Waals surface area contributed by atoms with Gasteiger partial charge in [-0.1, -0.05) is 17.3 Å². The van der Waals surface area contributed by atoms with Crippen LogP contribution in [0, 0.1) is 0 Å². The summed E-state index contributed by atoms with van der Waals surface area (Å²) >= 11 is 0. The number of para-hydroxylation sites is 2. The Balaban J connectivity index is 1.76. The topological polar surface area (TPSA) is 87.5 Å². The van der Waals surface area contributed by atoms with Crippen LogP contribution in [0.25, 0.3) is 28.1 Å². The summed E-state index contributed by atoms with van der Waals surface area (Å²) < 4.78 is 14.4. The van der Waals surface area contributed by atoms with Crippen molar-refractivity contribution >= 4 is 16.6 Å². The van der Waals surface area contributed by atoms with Crippen LogP contribution in [0.4, 0.5) is 0 Å². The molecular weight excluding hydrogens is 346 g/mol. The van der Waals surface area contributed by atoms with E-state index in [1.807, 2.05) is 38.1 Å². The molecule has 138 valence electrons. The van der Waals surface area contributed by atoms with Crippen LogP contribution in [0.2, 0.25) is 0 Å². The lowest BCUT2D eigenvalue weighted by Gasteiger charge is -2.15. The molecule has 0 spiro atoms. The van der Waals surface area contributed by atoms with Crippen molar-refractivity contribution in [3.8, 4) is 11.6 Å². The zero-order chi connectivity index (χ0) is 18.5. The molecule has 27 heavy (non-hydrogen) atoms. The SMILES string of the molecule is CC(C)n1c(=O)c2c(-c3nc(C4CCOC4)no3)ncn2c2ccccc21. The van der Waals surface area contributed by atoms with Crippen LogP contribution in [-0.2, 0) is 4.74 Å². The minimum absolute atomic E-state index is 0.00373. The number of aromatic nitrogens is 5. The average Bonchev–Trinajstić information content (AvgIpc) is 3.40. The summed E-state index contributed by atoms with van der Waals surface area (Å²) in [5.74, 6) is 1.00. The molecular formula is C19H19N5O3. The predicted molar refractivity (Wildman–Crippen MR) is 98.8 cm³/mol. The van der Waals surface area contributed by atoms with E-state index >= 15 is 0 Å². The van der Waals surface area contributed by atoms with E-state index in [9.17, 15) is 4.79 Å². The van der Waals surface area contributed by atoms with Crippen molar-refractivity contribution in [3.05, 3.63) is 46.8 Å². The Kier molecular flexibility index (Phi) is 3.61. The summed E-state index contributed by atoms with van der Waals surface area (Å²) in [6, 6.07) is 7.80. The molecule has 0 saturated carbocycles. The van der Waals surface area contributed by atoms with Crippen molar-refractivity contribution in [2.45, 2.75) is 32.2 Å². The number of benzene rings is 1. The molecule has 1 saturated heterocycles. The molecule has 1 aromatic carbocycles. The fraction of sp³-hybridized carbons (Fsp3) is 0.368. The van der Waals surface area contributed by atoms with Crippen LogP contribution < -0.4 is 5.56 Å². The number of fused-ring (bicyclic) bond motifs is 3. The summed E-state index contributed by atoms with van der Waals surface area (Å²) in [7, 11) is 0. The molecule has 1 unspecified atom stereocenters. The fourth-order valence-electron chi connectivity index (χ4n) is 3.73.